The number of primary amides is 1. The predicted molar refractivity (Wildman–Crippen MR) is 102 cm³/mol. The van der Waals surface area contributed by atoms with E-state index >= 15 is 0 Å². The molecule has 0 bridgehead atoms. The van der Waals surface area contributed by atoms with Gasteiger partial charge in [0.2, 0.25) is 5.96 Å². The SMILES string of the molecule is Cc1cccnc1CCN=C(NC(N)=O)NC(C)OCc1ccccc1. The van der Waals surface area contributed by atoms with Crippen LogP contribution in [0.2, 0.25) is 0 Å². The number of rotatable bonds is 7. The number of nitrogens with two attached hydrogens (primary N) is 1. The van der Waals surface area contributed by atoms with E-state index in [2.05, 4.69) is 20.6 Å². The smallest absolute Gasteiger partial charge is 0.318 e. The van der Waals surface area contributed by atoms with Crippen molar-refractivity contribution < 1.29 is 9.53 Å². The number of urea groups is 1. The van der Waals surface area contributed by atoms with Gasteiger partial charge in [0.15, 0.2) is 0 Å². The number of aryl methyl sites for hydroxylation is 1. The first-order chi connectivity index (χ1) is 12.5. The van der Waals surface area contributed by atoms with Gasteiger partial charge in [-0.15, -0.1) is 0 Å². The van der Waals surface area contributed by atoms with Gasteiger partial charge in [-0.05, 0) is 31.0 Å². The summed E-state index contributed by atoms with van der Waals surface area (Å²) in [5.41, 5.74) is 8.37. The largest absolute Gasteiger partial charge is 0.354 e. The van der Waals surface area contributed by atoms with Crippen molar-refractivity contribution in [2.45, 2.75) is 33.1 Å². The molecule has 0 saturated carbocycles. The van der Waals surface area contributed by atoms with Gasteiger partial charge in [-0.25, -0.2) is 4.79 Å². The fourth-order valence-corrected chi connectivity index (χ4v) is 2.32. The molecule has 0 saturated heterocycles. The monoisotopic (exact) mass is 355 g/mol. The molecule has 2 aromatic rings. The number of benzene rings is 1. The van der Waals surface area contributed by atoms with Crippen LogP contribution < -0.4 is 16.4 Å². The van der Waals surface area contributed by atoms with E-state index in [9.17, 15) is 4.79 Å². The summed E-state index contributed by atoms with van der Waals surface area (Å²) in [4.78, 5) is 19.9. The number of pyridine rings is 1. The summed E-state index contributed by atoms with van der Waals surface area (Å²) < 4.78 is 5.73. The average Bonchev–Trinajstić information content (AvgIpc) is 2.62. The highest BCUT2D eigenvalue weighted by atomic mass is 16.5. The molecule has 1 aromatic heterocycles. The zero-order chi connectivity index (χ0) is 18.8. The molecule has 1 atom stereocenters. The highest BCUT2D eigenvalue weighted by molar-refractivity contribution is 5.95. The highest BCUT2D eigenvalue weighted by Crippen LogP contribution is 2.04. The van der Waals surface area contributed by atoms with Crippen LogP contribution in [0, 0.1) is 6.92 Å². The number of hydrogen-bond donors (Lipinski definition) is 3. The van der Waals surface area contributed by atoms with Crippen molar-refractivity contribution in [1.29, 1.82) is 0 Å². The zero-order valence-corrected chi connectivity index (χ0v) is 15.1. The van der Waals surface area contributed by atoms with Gasteiger partial charge in [0, 0.05) is 24.9 Å². The van der Waals surface area contributed by atoms with E-state index in [0.29, 0.717) is 19.6 Å². The van der Waals surface area contributed by atoms with Gasteiger partial charge < -0.3 is 15.8 Å². The topological polar surface area (TPSA) is 102 Å². The van der Waals surface area contributed by atoms with E-state index in [-0.39, 0.29) is 12.2 Å². The molecule has 2 rings (SSSR count). The van der Waals surface area contributed by atoms with Gasteiger partial charge in [-0.1, -0.05) is 36.4 Å². The number of carbonyl (C=O) groups is 1. The maximum atomic E-state index is 11.2. The van der Waals surface area contributed by atoms with Crippen molar-refractivity contribution in [2.75, 3.05) is 6.54 Å². The molecule has 4 N–H and O–H groups in total. The summed E-state index contributed by atoms with van der Waals surface area (Å²) in [7, 11) is 0. The molecule has 0 aliphatic rings. The lowest BCUT2D eigenvalue weighted by molar-refractivity contribution is 0.0430. The van der Waals surface area contributed by atoms with E-state index in [4.69, 9.17) is 10.5 Å². The van der Waals surface area contributed by atoms with Crippen LogP contribution in [0.25, 0.3) is 0 Å². The van der Waals surface area contributed by atoms with Gasteiger partial charge >= 0.3 is 6.03 Å². The standard InChI is InChI=1S/C19H25N5O2/c1-14-7-6-11-21-17(14)10-12-22-19(24-18(20)25)23-15(2)26-13-16-8-4-3-5-9-16/h3-9,11,15H,10,12-13H2,1-2H3,(H4,20,22,23,24,25). The summed E-state index contributed by atoms with van der Waals surface area (Å²) in [5, 5.41) is 5.50. The molecule has 138 valence electrons. The Balaban J connectivity index is 1.88. The van der Waals surface area contributed by atoms with Crippen molar-refractivity contribution in [3.05, 3.63) is 65.5 Å². The van der Waals surface area contributed by atoms with Crippen molar-refractivity contribution in [3.63, 3.8) is 0 Å². The minimum Gasteiger partial charge on any atom is -0.354 e. The third-order valence-electron chi connectivity index (χ3n) is 3.66. The van der Waals surface area contributed by atoms with Crippen LogP contribution in [-0.4, -0.2) is 29.7 Å². The molecule has 0 aliphatic carbocycles. The quantitative estimate of drug-likeness (QED) is 0.402. The Kier molecular flexibility index (Phi) is 7.57. The van der Waals surface area contributed by atoms with Crippen molar-refractivity contribution in [2.24, 2.45) is 10.7 Å². The fraction of sp³-hybridized carbons (Fsp3) is 0.316. The van der Waals surface area contributed by atoms with E-state index in [1.165, 1.54) is 0 Å². The molecule has 0 radical (unpaired) electrons. The molecule has 0 fully saturated rings. The molecule has 1 heterocycles. The second kappa shape index (κ2) is 10.1. The van der Waals surface area contributed by atoms with E-state index in [0.717, 1.165) is 16.8 Å². The minimum atomic E-state index is -0.680. The molecule has 1 unspecified atom stereocenters. The summed E-state index contributed by atoms with van der Waals surface area (Å²) in [6, 6.07) is 13.1. The van der Waals surface area contributed by atoms with Crippen LogP contribution in [0.5, 0.6) is 0 Å². The lowest BCUT2D eigenvalue weighted by Crippen LogP contribution is -2.47. The highest BCUT2D eigenvalue weighted by Gasteiger charge is 2.08. The maximum Gasteiger partial charge on any atom is 0.318 e. The molecule has 0 aliphatic heterocycles. The second-order valence-corrected chi connectivity index (χ2v) is 5.82. The van der Waals surface area contributed by atoms with Gasteiger partial charge in [0.25, 0.3) is 0 Å². The average molecular weight is 355 g/mol. The number of amides is 2. The Labute approximate surface area is 153 Å². The molecular weight excluding hydrogens is 330 g/mol. The molecular formula is C19H25N5O2. The van der Waals surface area contributed by atoms with Crippen LogP contribution in [0.3, 0.4) is 0 Å². The Morgan fingerprint density at radius 1 is 1.27 bits per heavy atom. The summed E-state index contributed by atoms with van der Waals surface area (Å²) in [5.74, 6) is 0.284. The number of nitrogens with zero attached hydrogens (tertiary/aromatic N) is 2. The van der Waals surface area contributed by atoms with Crippen LogP contribution in [0.4, 0.5) is 4.79 Å². The molecule has 26 heavy (non-hydrogen) atoms. The number of aromatic nitrogens is 1. The molecule has 7 heteroatoms. The number of nitrogens with one attached hydrogen (secondary N) is 2. The zero-order valence-electron chi connectivity index (χ0n) is 15.1. The first-order valence-corrected chi connectivity index (χ1v) is 8.48. The molecule has 0 spiro atoms. The van der Waals surface area contributed by atoms with E-state index in [1.54, 1.807) is 6.20 Å². The Bertz CT molecular complexity index is 734. The second-order valence-electron chi connectivity index (χ2n) is 5.82. The third-order valence-corrected chi connectivity index (χ3v) is 3.66. The Hall–Kier alpha value is -2.93. The number of hydrogen-bond acceptors (Lipinski definition) is 4. The van der Waals surface area contributed by atoms with Crippen molar-refractivity contribution >= 4 is 12.0 Å². The first-order valence-electron chi connectivity index (χ1n) is 8.48. The van der Waals surface area contributed by atoms with Crippen LogP contribution in [0.1, 0.15) is 23.7 Å². The number of carbonyl (C=O) groups excluding carboxylic acids is 1. The molecule has 7 nitrogen and oxygen atoms in total. The predicted octanol–water partition coefficient (Wildman–Crippen LogP) is 2.11. The van der Waals surface area contributed by atoms with Gasteiger partial charge in [-0.3, -0.25) is 15.3 Å². The van der Waals surface area contributed by atoms with E-state index in [1.807, 2.05) is 56.3 Å². The summed E-state index contributed by atoms with van der Waals surface area (Å²) in [6.45, 7) is 4.76. The van der Waals surface area contributed by atoms with Crippen LogP contribution >= 0.6 is 0 Å². The lowest BCUT2D eigenvalue weighted by Gasteiger charge is -2.18. The number of aliphatic imine (C=N–C) groups is 1. The number of ether oxygens (including phenoxy) is 1. The minimum absolute atomic E-state index is 0.284. The van der Waals surface area contributed by atoms with Gasteiger partial charge in [0.05, 0.1) is 6.61 Å². The Morgan fingerprint density at radius 3 is 2.73 bits per heavy atom. The van der Waals surface area contributed by atoms with Crippen LogP contribution in [-0.2, 0) is 17.8 Å². The van der Waals surface area contributed by atoms with Crippen molar-refractivity contribution in [3.8, 4) is 0 Å². The third kappa shape index (κ3) is 6.90. The van der Waals surface area contributed by atoms with Gasteiger partial charge in [0.1, 0.15) is 6.23 Å². The molecule has 2 amide bonds. The Morgan fingerprint density at radius 2 is 2.04 bits per heavy atom. The lowest BCUT2D eigenvalue weighted by atomic mass is 10.2. The van der Waals surface area contributed by atoms with Crippen molar-refractivity contribution in [1.82, 2.24) is 15.6 Å². The normalized spacial score (nSPS) is 12.5. The van der Waals surface area contributed by atoms with Crippen LogP contribution in [0.15, 0.2) is 53.7 Å². The summed E-state index contributed by atoms with van der Waals surface area (Å²) in [6.07, 6.45) is 2.07. The van der Waals surface area contributed by atoms with E-state index < -0.39 is 6.03 Å². The number of guanidine groups is 1. The van der Waals surface area contributed by atoms with Gasteiger partial charge in [-0.2, -0.15) is 0 Å². The fourth-order valence-electron chi connectivity index (χ4n) is 2.32. The summed E-state index contributed by atoms with van der Waals surface area (Å²) >= 11 is 0. The maximum absolute atomic E-state index is 11.2. The molecule has 1 aromatic carbocycles. The first kappa shape index (κ1) is 19.4.